The summed E-state index contributed by atoms with van der Waals surface area (Å²) in [5, 5.41) is 31.3. The van der Waals surface area contributed by atoms with E-state index in [1.807, 2.05) is 6.07 Å². The molecule has 0 spiro atoms. The molecule has 0 atom stereocenters. The van der Waals surface area contributed by atoms with Crippen LogP contribution in [-0.2, 0) is 4.79 Å². The first-order valence-corrected chi connectivity index (χ1v) is 6.30. The molecule has 0 fully saturated rings. The topological polar surface area (TPSA) is 96.6 Å². The minimum absolute atomic E-state index is 0.0733. The number of thiophene rings is 1. The van der Waals surface area contributed by atoms with Crippen molar-refractivity contribution in [2.24, 2.45) is 0 Å². The zero-order valence-corrected chi connectivity index (χ0v) is 10.6. The van der Waals surface area contributed by atoms with Gasteiger partial charge < -0.3 is 15.5 Å². The highest BCUT2D eigenvalue weighted by Gasteiger charge is 2.12. The number of nitriles is 1. The summed E-state index contributed by atoms with van der Waals surface area (Å²) in [5.41, 5.74) is 0.434. The van der Waals surface area contributed by atoms with Crippen LogP contribution in [0.25, 0.3) is 0 Å². The van der Waals surface area contributed by atoms with E-state index >= 15 is 0 Å². The maximum absolute atomic E-state index is 11.7. The van der Waals surface area contributed by atoms with Gasteiger partial charge in [0.1, 0.15) is 11.1 Å². The summed E-state index contributed by atoms with van der Waals surface area (Å²) in [4.78, 5) is 13.4. The lowest BCUT2D eigenvalue weighted by molar-refractivity contribution is -0.117. The minimum Gasteiger partial charge on any atom is -0.395 e. The molecule has 0 radical (unpaired) electrons. The van der Waals surface area contributed by atoms with Gasteiger partial charge in [0.25, 0.3) is 0 Å². The van der Waals surface area contributed by atoms with Crippen molar-refractivity contribution in [1.82, 2.24) is 4.90 Å². The summed E-state index contributed by atoms with van der Waals surface area (Å²) in [6.07, 6.45) is 0. The summed E-state index contributed by atoms with van der Waals surface area (Å²) in [6.45, 7) is 0.572. The molecule has 98 valence electrons. The van der Waals surface area contributed by atoms with E-state index in [1.54, 1.807) is 16.3 Å². The van der Waals surface area contributed by atoms with Crippen molar-refractivity contribution in [3.05, 3.63) is 17.0 Å². The summed E-state index contributed by atoms with van der Waals surface area (Å²) in [6, 6.07) is 3.63. The van der Waals surface area contributed by atoms with Gasteiger partial charge in [-0.1, -0.05) is 0 Å². The molecular formula is C11H15N3O3S. The van der Waals surface area contributed by atoms with Gasteiger partial charge in [0, 0.05) is 13.1 Å². The normalized spacial score (nSPS) is 10.3. The number of aliphatic hydroxyl groups excluding tert-OH is 2. The smallest absolute Gasteiger partial charge is 0.239 e. The fraction of sp³-hybridized carbons (Fsp3) is 0.455. The molecule has 0 aromatic carbocycles. The fourth-order valence-electron chi connectivity index (χ4n) is 1.42. The van der Waals surface area contributed by atoms with E-state index < -0.39 is 0 Å². The Hall–Kier alpha value is -1.46. The second-order valence-corrected chi connectivity index (χ2v) is 4.46. The molecule has 7 heteroatoms. The molecule has 1 aromatic rings. The number of hydrogen-bond acceptors (Lipinski definition) is 6. The second kappa shape index (κ2) is 7.79. The Labute approximate surface area is 109 Å². The lowest BCUT2D eigenvalue weighted by Crippen LogP contribution is -2.37. The molecule has 1 heterocycles. The maximum atomic E-state index is 11.7. The molecule has 0 aliphatic heterocycles. The van der Waals surface area contributed by atoms with E-state index in [1.165, 1.54) is 11.3 Å². The van der Waals surface area contributed by atoms with Crippen molar-refractivity contribution >= 4 is 22.2 Å². The summed E-state index contributed by atoms with van der Waals surface area (Å²) < 4.78 is 0. The molecule has 0 unspecified atom stereocenters. The first-order chi connectivity index (χ1) is 8.71. The van der Waals surface area contributed by atoms with Gasteiger partial charge in [0.05, 0.1) is 25.3 Å². The van der Waals surface area contributed by atoms with Crippen LogP contribution in [0.3, 0.4) is 0 Å². The van der Waals surface area contributed by atoms with E-state index in [0.717, 1.165) is 0 Å². The third-order valence-electron chi connectivity index (χ3n) is 2.24. The highest BCUT2D eigenvalue weighted by molar-refractivity contribution is 7.14. The zero-order chi connectivity index (χ0) is 13.4. The molecule has 0 aliphatic rings. The van der Waals surface area contributed by atoms with E-state index in [4.69, 9.17) is 15.5 Å². The molecule has 1 rings (SSSR count). The van der Waals surface area contributed by atoms with Crippen LogP contribution in [0.2, 0.25) is 0 Å². The molecule has 3 N–H and O–H groups in total. The van der Waals surface area contributed by atoms with Crippen LogP contribution in [0.1, 0.15) is 5.56 Å². The lowest BCUT2D eigenvalue weighted by atomic mass is 10.3. The number of nitrogens with zero attached hydrogens (tertiary/aromatic N) is 2. The minimum atomic E-state index is -0.268. The Balaban J connectivity index is 2.52. The van der Waals surface area contributed by atoms with Gasteiger partial charge >= 0.3 is 0 Å². The SMILES string of the molecule is N#Cc1ccsc1NC(=O)CN(CCO)CCO. The van der Waals surface area contributed by atoms with Gasteiger partial charge in [0.2, 0.25) is 5.91 Å². The second-order valence-electron chi connectivity index (χ2n) is 3.55. The molecule has 18 heavy (non-hydrogen) atoms. The van der Waals surface area contributed by atoms with Crippen molar-refractivity contribution in [2.75, 3.05) is 38.2 Å². The van der Waals surface area contributed by atoms with Gasteiger partial charge in [-0.05, 0) is 11.4 Å². The average Bonchev–Trinajstić information content (AvgIpc) is 2.76. The molecule has 1 aromatic heterocycles. The molecule has 6 nitrogen and oxygen atoms in total. The van der Waals surface area contributed by atoms with Gasteiger partial charge in [-0.2, -0.15) is 5.26 Å². The Morgan fingerprint density at radius 2 is 2.11 bits per heavy atom. The van der Waals surface area contributed by atoms with Crippen LogP contribution in [0.15, 0.2) is 11.4 Å². The van der Waals surface area contributed by atoms with Crippen LogP contribution < -0.4 is 5.32 Å². The molecule has 0 saturated heterocycles. The van der Waals surface area contributed by atoms with Crippen molar-refractivity contribution in [3.8, 4) is 6.07 Å². The van der Waals surface area contributed by atoms with E-state index in [9.17, 15) is 4.79 Å². The van der Waals surface area contributed by atoms with Crippen molar-refractivity contribution in [2.45, 2.75) is 0 Å². The van der Waals surface area contributed by atoms with Crippen LogP contribution in [0.5, 0.6) is 0 Å². The highest BCUT2D eigenvalue weighted by Crippen LogP contribution is 2.21. The first-order valence-electron chi connectivity index (χ1n) is 5.42. The van der Waals surface area contributed by atoms with Crippen molar-refractivity contribution in [3.63, 3.8) is 0 Å². The number of carbonyl (C=O) groups excluding carboxylic acids is 1. The number of rotatable bonds is 7. The zero-order valence-electron chi connectivity index (χ0n) is 9.80. The molecule has 1 amide bonds. The largest absolute Gasteiger partial charge is 0.395 e. The predicted molar refractivity (Wildman–Crippen MR) is 68.3 cm³/mol. The van der Waals surface area contributed by atoms with Crippen LogP contribution in [-0.4, -0.2) is 53.9 Å². The Morgan fingerprint density at radius 1 is 1.44 bits per heavy atom. The fourth-order valence-corrected chi connectivity index (χ4v) is 2.17. The van der Waals surface area contributed by atoms with Gasteiger partial charge in [-0.3, -0.25) is 9.69 Å². The lowest BCUT2D eigenvalue weighted by Gasteiger charge is -2.19. The van der Waals surface area contributed by atoms with Crippen molar-refractivity contribution < 1.29 is 15.0 Å². The molecule has 0 saturated carbocycles. The molecule has 0 aliphatic carbocycles. The molecule has 0 bridgehead atoms. The number of hydrogen-bond donors (Lipinski definition) is 3. The Morgan fingerprint density at radius 3 is 2.67 bits per heavy atom. The average molecular weight is 269 g/mol. The molecular weight excluding hydrogens is 254 g/mol. The maximum Gasteiger partial charge on any atom is 0.239 e. The quantitative estimate of drug-likeness (QED) is 0.639. The van der Waals surface area contributed by atoms with E-state index in [0.29, 0.717) is 23.7 Å². The highest BCUT2D eigenvalue weighted by atomic mass is 32.1. The summed E-state index contributed by atoms with van der Waals surface area (Å²) in [5.74, 6) is -0.268. The number of aliphatic hydroxyl groups is 2. The monoisotopic (exact) mass is 269 g/mol. The Kier molecular flexibility index (Phi) is 6.32. The van der Waals surface area contributed by atoms with Gasteiger partial charge in [-0.15, -0.1) is 11.3 Å². The van der Waals surface area contributed by atoms with Crippen molar-refractivity contribution in [1.29, 1.82) is 5.26 Å². The van der Waals surface area contributed by atoms with Crippen LogP contribution in [0.4, 0.5) is 5.00 Å². The predicted octanol–water partition coefficient (Wildman–Crippen LogP) is -0.155. The summed E-state index contributed by atoms with van der Waals surface area (Å²) >= 11 is 1.28. The van der Waals surface area contributed by atoms with Gasteiger partial charge in [-0.25, -0.2) is 0 Å². The Bertz CT molecular complexity index is 421. The number of anilines is 1. The van der Waals surface area contributed by atoms with Crippen LogP contribution in [0, 0.1) is 11.3 Å². The third-order valence-corrected chi connectivity index (χ3v) is 3.07. The van der Waals surface area contributed by atoms with E-state index in [-0.39, 0.29) is 25.7 Å². The summed E-state index contributed by atoms with van der Waals surface area (Å²) in [7, 11) is 0. The standard InChI is InChI=1S/C11H15N3O3S/c12-7-9-1-6-18-11(9)13-10(17)8-14(2-4-15)3-5-16/h1,6,15-16H,2-5,8H2,(H,13,17). The first kappa shape index (κ1) is 14.6. The number of nitrogens with one attached hydrogen (secondary N) is 1. The number of amides is 1. The third kappa shape index (κ3) is 4.43. The van der Waals surface area contributed by atoms with Crippen LogP contribution >= 0.6 is 11.3 Å². The van der Waals surface area contributed by atoms with E-state index in [2.05, 4.69) is 5.32 Å². The van der Waals surface area contributed by atoms with Gasteiger partial charge in [0.15, 0.2) is 0 Å². The number of carbonyl (C=O) groups is 1.